The average molecular weight is 220 g/mol. The summed E-state index contributed by atoms with van der Waals surface area (Å²) in [6.45, 7) is 0.350. The first kappa shape index (κ1) is 10.6. The molecule has 2 atom stereocenters. The Morgan fingerprint density at radius 3 is 2.81 bits per heavy atom. The van der Waals surface area contributed by atoms with Gasteiger partial charge in [-0.25, -0.2) is 0 Å². The van der Waals surface area contributed by atoms with Crippen molar-refractivity contribution < 1.29 is 14.7 Å². The molecular formula is C11H12N2O3. The first-order valence-corrected chi connectivity index (χ1v) is 5.09. The highest BCUT2D eigenvalue weighted by Gasteiger charge is 2.48. The van der Waals surface area contributed by atoms with Gasteiger partial charge in [-0.2, -0.15) is 0 Å². The number of carboxylic acids is 1. The van der Waals surface area contributed by atoms with E-state index in [0.717, 1.165) is 5.69 Å². The molecule has 1 saturated carbocycles. The van der Waals surface area contributed by atoms with Crippen LogP contribution in [-0.4, -0.2) is 22.0 Å². The largest absolute Gasteiger partial charge is 0.481 e. The molecule has 0 spiro atoms. The molecule has 1 heterocycles. The lowest BCUT2D eigenvalue weighted by molar-refractivity contribution is -0.140. The SMILES string of the molecule is O=C(O)[C@H]1C[C@@H]1C(=O)NCc1ccccn1. The summed E-state index contributed by atoms with van der Waals surface area (Å²) < 4.78 is 0. The lowest BCUT2D eigenvalue weighted by Gasteiger charge is -2.03. The molecule has 0 unspecified atom stereocenters. The summed E-state index contributed by atoms with van der Waals surface area (Å²) in [6.07, 6.45) is 2.10. The van der Waals surface area contributed by atoms with E-state index in [1.54, 1.807) is 12.3 Å². The first-order chi connectivity index (χ1) is 7.68. The summed E-state index contributed by atoms with van der Waals surface area (Å²) in [6, 6.07) is 5.44. The van der Waals surface area contributed by atoms with Crippen molar-refractivity contribution in [3.05, 3.63) is 30.1 Å². The molecule has 84 valence electrons. The van der Waals surface area contributed by atoms with E-state index < -0.39 is 11.9 Å². The van der Waals surface area contributed by atoms with Crippen molar-refractivity contribution in [2.45, 2.75) is 13.0 Å². The molecule has 1 aromatic heterocycles. The van der Waals surface area contributed by atoms with Gasteiger partial charge in [0, 0.05) is 6.20 Å². The van der Waals surface area contributed by atoms with Crippen LogP contribution in [0.15, 0.2) is 24.4 Å². The Morgan fingerprint density at radius 1 is 1.44 bits per heavy atom. The number of hydrogen-bond donors (Lipinski definition) is 2. The number of carbonyl (C=O) groups is 2. The van der Waals surface area contributed by atoms with Gasteiger partial charge in [0.15, 0.2) is 0 Å². The zero-order valence-corrected chi connectivity index (χ0v) is 8.59. The van der Waals surface area contributed by atoms with Gasteiger partial charge in [0.1, 0.15) is 0 Å². The predicted molar refractivity (Wildman–Crippen MR) is 55.3 cm³/mol. The standard InChI is InChI=1S/C11H12N2O3/c14-10(8-5-9(8)11(15)16)13-6-7-3-1-2-4-12-7/h1-4,8-9H,5-6H2,(H,13,14)(H,15,16)/t8-,9-/m0/s1. The number of aliphatic carboxylic acids is 1. The minimum Gasteiger partial charge on any atom is -0.481 e. The fourth-order valence-corrected chi connectivity index (χ4v) is 1.57. The first-order valence-electron chi connectivity index (χ1n) is 5.09. The zero-order valence-electron chi connectivity index (χ0n) is 8.59. The molecule has 1 aliphatic carbocycles. The third-order valence-electron chi connectivity index (χ3n) is 2.61. The van der Waals surface area contributed by atoms with E-state index in [1.165, 1.54) is 0 Å². The molecule has 2 N–H and O–H groups in total. The second-order valence-corrected chi connectivity index (χ2v) is 3.83. The lowest BCUT2D eigenvalue weighted by Crippen LogP contribution is -2.26. The van der Waals surface area contributed by atoms with Crippen molar-refractivity contribution in [1.29, 1.82) is 0 Å². The monoisotopic (exact) mass is 220 g/mol. The highest BCUT2D eigenvalue weighted by atomic mass is 16.4. The fraction of sp³-hybridized carbons (Fsp3) is 0.364. The molecule has 0 bridgehead atoms. The number of hydrogen-bond acceptors (Lipinski definition) is 3. The number of rotatable bonds is 4. The third kappa shape index (κ3) is 2.36. The zero-order chi connectivity index (χ0) is 11.5. The predicted octanol–water partition coefficient (Wildman–Crippen LogP) is 0.418. The van der Waals surface area contributed by atoms with E-state index >= 15 is 0 Å². The lowest BCUT2D eigenvalue weighted by atomic mass is 10.3. The third-order valence-corrected chi connectivity index (χ3v) is 2.61. The van der Waals surface area contributed by atoms with Crippen molar-refractivity contribution >= 4 is 11.9 Å². The molecule has 1 fully saturated rings. The number of carbonyl (C=O) groups excluding carboxylic acids is 1. The van der Waals surface area contributed by atoms with Gasteiger partial charge in [-0.15, -0.1) is 0 Å². The molecule has 5 heteroatoms. The normalized spacial score (nSPS) is 22.5. The van der Waals surface area contributed by atoms with Crippen LogP contribution < -0.4 is 5.32 Å². The Labute approximate surface area is 92.5 Å². The van der Waals surface area contributed by atoms with E-state index in [0.29, 0.717) is 13.0 Å². The van der Waals surface area contributed by atoms with Crippen LogP contribution in [0, 0.1) is 11.8 Å². The van der Waals surface area contributed by atoms with E-state index in [1.807, 2.05) is 12.1 Å². The molecule has 16 heavy (non-hydrogen) atoms. The highest BCUT2D eigenvalue weighted by Crippen LogP contribution is 2.38. The molecule has 5 nitrogen and oxygen atoms in total. The van der Waals surface area contributed by atoms with Gasteiger partial charge in [-0.1, -0.05) is 6.07 Å². The van der Waals surface area contributed by atoms with Gasteiger partial charge in [0.05, 0.1) is 24.1 Å². The van der Waals surface area contributed by atoms with Crippen LogP contribution in [0.25, 0.3) is 0 Å². The molecular weight excluding hydrogens is 208 g/mol. The molecule has 0 aromatic carbocycles. The highest BCUT2D eigenvalue weighted by molar-refractivity contribution is 5.89. The van der Waals surface area contributed by atoms with Crippen molar-refractivity contribution in [2.24, 2.45) is 11.8 Å². The van der Waals surface area contributed by atoms with Gasteiger partial charge < -0.3 is 10.4 Å². The molecule has 0 saturated heterocycles. The van der Waals surface area contributed by atoms with Crippen LogP contribution in [0.1, 0.15) is 12.1 Å². The van der Waals surface area contributed by atoms with Gasteiger partial charge in [0.25, 0.3) is 0 Å². The van der Waals surface area contributed by atoms with Gasteiger partial charge in [0.2, 0.25) is 5.91 Å². The van der Waals surface area contributed by atoms with Gasteiger partial charge in [-0.05, 0) is 18.6 Å². The van der Waals surface area contributed by atoms with Crippen LogP contribution in [-0.2, 0) is 16.1 Å². The van der Waals surface area contributed by atoms with Crippen LogP contribution >= 0.6 is 0 Å². The topological polar surface area (TPSA) is 79.3 Å². The second-order valence-electron chi connectivity index (χ2n) is 3.83. The maximum atomic E-state index is 11.5. The summed E-state index contributed by atoms with van der Waals surface area (Å²) in [5, 5.41) is 11.3. The number of nitrogens with zero attached hydrogens (tertiary/aromatic N) is 1. The Bertz CT molecular complexity index is 405. The Morgan fingerprint density at radius 2 is 2.25 bits per heavy atom. The minimum atomic E-state index is -0.891. The Balaban J connectivity index is 1.80. The molecule has 2 rings (SSSR count). The molecule has 1 amide bonds. The maximum Gasteiger partial charge on any atom is 0.307 e. The summed E-state index contributed by atoms with van der Waals surface area (Å²) >= 11 is 0. The Kier molecular flexibility index (Phi) is 2.85. The maximum absolute atomic E-state index is 11.5. The van der Waals surface area contributed by atoms with Crippen molar-refractivity contribution in [2.75, 3.05) is 0 Å². The number of nitrogens with one attached hydrogen (secondary N) is 1. The summed E-state index contributed by atoms with van der Waals surface area (Å²) in [5.41, 5.74) is 0.767. The smallest absolute Gasteiger partial charge is 0.307 e. The fourth-order valence-electron chi connectivity index (χ4n) is 1.57. The van der Waals surface area contributed by atoms with Crippen molar-refractivity contribution in [3.63, 3.8) is 0 Å². The molecule has 0 aliphatic heterocycles. The molecule has 0 radical (unpaired) electrons. The Hall–Kier alpha value is -1.91. The van der Waals surface area contributed by atoms with Crippen LogP contribution in [0.2, 0.25) is 0 Å². The van der Waals surface area contributed by atoms with E-state index in [9.17, 15) is 9.59 Å². The summed E-state index contributed by atoms with van der Waals surface area (Å²) in [4.78, 5) is 26.1. The quantitative estimate of drug-likeness (QED) is 0.770. The van der Waals surface area contributed by atoms with E-state index in [-0.39, 0.29) is 11.8 Å². The number of carboxylic acid groups (broad SMARTS) is 1. The van der Waals surface area contributed by atoms with E-state index in [2.05, 4.69) is 10.3 Å². The minimum absolute atomic E-state index is 0.196. The number of amides is 1. The van der Waals surface area contributed by atoms with Crippen molar-refractivity contribution in [3.8, 4) is 0 Å². The van der Waals surface area contributed by atoms with Crippen LogP contribution in [0.4, 0.5) is 0 Å². The summed E-state index contributed by atoms with van der Waals surface area (Å²) in [7, 11) is 0. The number of pyridine rings is 1. The van der Waals surface area contributed by atoms with E-state index in [4.69, 9.17) is 5.11 Å². The van der Waals surface area contributed by atoms with Crippen LogP contribution in [0.3, 0.4) is 0 Å². The van der Waals surface area contributed by atoms with Gasteiger partial charge >= 0.3 is 5.97 Å². The van der Waals surface area contributed by atoms with Crippen LogP contribution in [0.5, 0.6) is 0 Å². The van der Waals surface area contributed by atoms with Gasteiger partial charge in [-0.3, -0.25) is 14.6 Å². The molecule has 1 aliphatic rings. The number of aromatic nitrogens is 1. The second kappa shape index (κ2) is 4.30. The summed E-state index contributed by atoms with van der Waals surface area (Å²) in [5.74, 6) is -1.94. The van der Waals surface area contributed by atoms with Crippen molar-refractivity contribution in [1.82, 2.24) is 10.3 Å². The average Bonchev–Trinajstić information content (AvgIpc) is 3.07. The molecule has 1 aromatic rings.